The van der Waals surface area contributed by atoms with E-state index >= 15 is 0 Å². The summed E-state index contributed by atoms with van der Waals surface area (Å²) >= 11 is 1.69. The van der Waals surface area contributed by atoms with Gasteiger partial charge in [-0.15, -0.1) is 0 Å². The Morgan fingerprint density at radius 2 is 2.10 bits per heavy atom. The molecule has 1 aromatic rings. The van der Waals surface area contributed by atoms with Gasteiger partial charge in [-0.2, -0.15) is 11.3 Å². The van der Waals surface area contributed by atoms with Gasteiger partial charge in [0.25, 0.3) is 0 Å². The maximum Gasteiger partial charge on any atom is 0.330 e. The molecule has 0 aliphatic rings. The molecule has 2 nitrogen and oxygen atoms in total. The molecule has 3 heteroatoms. The summed E-state index contributed by atoms with van der Waals surface area (Å²) < 4.78 is 4.85. The molecule has 0 saturated heterocycles. The van der Waals surface area contributed by atoms with E-state index in [0.29, 0.717) is 6.61 Å². The minimum absolute atomic E-state index is 0.298. The van der Waals surface area contributed by atoms with Crippen LogP contribution >= 0.6 is 11.3 Å². The summed E-state index contributed by atoms with van der Waals surface area (Å²) in [6.07, 6.45) is 11.5. The van der Waals surface area contributed by atoms with Gasteiger partial charge in [0.1, 0.15) is 0 Å². The second-order valence-electron chi connectivity index (χ2n) is 4.30. The largest absolute Gasteiger partial charge is 0.463 e. The van der Waals surface area contributed by atoms with Crippen LogP contribution in [0.15, 0.2) is 58.4 Å². The number of ether oxygens (including phenoxy) is 1. The molecule has 20 heavy (non-hydrogen) atoms. The molecule has 0 saturated carbocycles. The highest BCUT2D eigenvalue weighted by Crippen LogP contribution is 2.09. The molecule has 106 valence electrons. The molecule has 0 amide bonds. The first-order valence-corrected chi connectivity index (χ1v) is 7.46. The summed E-state index contributed by atoms with van der Waals surface area (Å²) in [5, 5.41) is 4.16. The zero-order valence-electron chi connectivity index (χ0n) is 12.1. The molecule has 0 unspecified atom stereocenters. The Balaban J connectivity index is 2.53. The molecule has 0 radical (unpaired) electrons. The Morgan fingerprint density at radius 1 is 1.30 bits per heavy atom. The van der Waals surface area contributed by atoms with E-state index in [1.54, 1.807) is 18.3 Å². The van der Waals surface area contributed by atoms with E-state index in [9.17, 15) is 4.79 Å². The number of carbonyl (C=O) groups is 1. The van der Waals surface area contributed by atoms with Crippen LogP contribution in [0.25, 0.3) is 6.08 Å². The van der Waals surface area contributed by atoms with Crippen molar-refractivity contribution in [3.8, 4) is 0 Å². The second-order valence-corrected chi connectivity index (χ2v) is 5.08. The molecular weight excluding hydrogens is 268 g/mol. The quantitative estimate of drug-likeness (QED) is 0.428. The molecule has 1 heterocycles. The predicted molar refractivity (Wildman–Crippen MR) is 86.6 cm³/mol. The van der Waals surface area contributed by atoms with Crippen LogP contribution in [0.1, 0.15) is 26.3 Å². The van der Waals surface area contributed by atoms with Gasteiger partial charge in [-0.3, -0.25) is 0 Å². The minimum atomic E-state index is -0.298. The van der Waals surface area contributed by atoms with E-state index in [1.165, 1.54) is 11.6 Å². The van der Waals surface area contributed by atoms with E-state index in [0.717, 1.165) is 11.1 Å². The van der Waals surface area contributed by atoms with Gasteiger partial charge in [0.2, 0.25) is 0 Å². The monoisotopic (exact) mass is 288 g/mol. The van der Waals surface area contributed by atoms with Gasteiger partial charge in [-0.25, -0.2) is 4.79 Å². The smallest absolute Gasteiger partial charge is 0.330 e. The van der Waals surface area contributed by atoms with Crippen molar-refractivity contribution in [1.29, 1.82) is 0 Å². The van der Waals surface area contributed by atoms with Crippen molar-refractivity contribution < 1.29 is 9.53 Å². The Kier molecular flexibility index (Phi) is 7.36. The summed E-state index contributed by atoms with van der Waals surface area (Å²) in [5.41, 5.74) is 3.23. The average molecular weight is 288 g/mol. The highest BCUT2D eigenvalue weighted by atomic mass is 32.1. The lowest BCUT2D eigenvalue weighted by Gasteiger charge is -1.95. The third-order valence-electron chi connectivity index (χ3n) is 2.43. The summed E-state index contributed by atoms with van der Waals surface area (Å²) in [6, 6.07) is 2.08. The second kappa shape index (κ2) is 9.10. The fraction of sp³-hybridized carbons (Fsp3) is 0.235. The first-order valence-electron chi connectivity index (χ1n) is 6.52. The fourth-order valence-electron chi connectivity index (χ4n) is 1.42. The van der Waals surface area contributed by atoms with Crippen molar-refractivity contribution in [2.75, 3.05) is 6.61 Å². The molecule has 1 rings (SSSR count). The number of hydrogen-bond acceptors (Lipinski definition) is 3. The molecule has 0 bridgehead atoms. The van der Waals surface area contributed by atoms with Gasteiger partial charge >= 0.3 is 5.97 Å². The van der Waals surface area contributed by atoms with Crippen molar-refractivity contribution >= 4 is 23.4 Å². The lowest BCUT2D eigenvalue weighted by atomic mass is 10.2. The van der Waals surface area contributed by atoms with Gasteiger partial charge in [0.05, 0.1) is 6.61 Å². The SMILES string of the molecule is CCOC(=O)C=C(C)C=CC=C(C)C=Cc1ccsc1. The third-order valence-corrected chi connectivity index (χ3v) is 3.13. The van der Waals surface area contributed by atoms with Crippen LogP contribution in [0.5, 0.6) is 0 Å². The van der Waals surface area contributed by atoms with Gasteiger partial charge in [0.15, 0.2) is 0 Å². The van der Waals surface area contributed by atoms with E-state index < -0.39 is 0 Å². The first-order chi connectivity index (χ1) is 9.61. The number of thiophene rings is 1. The molecule has 0 aliphatic carbocycles. The van der Waals surface area contributed by atoms with Crippen LogP contribution in [-0.2, 0) is 9.53 Å². The molecule has 1 aromatic heterocycles. The normalized spacial score (nSPS) is 13.3. The number of rotatable bonds is 6. The standard InChI is InChI=1S/C17H20O2S/c1-4-19-17(18)12-15(3)7-5-6-14(2)8-9-16-10-11-20-13-16/h5-13H,4H2,1-3H3. The van der Waals surface area contributed by atoms with Gasteiger partial charge in [0, 0.05) is 6.08 Å². The zero-order valence-corrected chi connectivity index (χ0v) is 12.9. The number of allylic oxidation sites excluding steroid dienone is 6. The first kappa shape index (κ1) is 16.2. The Morgan fingerprint density at radius 3 is 2.75 bits per heavy atom. The van der Waals surface area contributed by atoms with Crippen molar-refractivity contribution in [3.63, 3.8) is 0 Å². The van der Waals surface area contributed by atoms with Crippen molar-refractivity contribution in [2.45, 2.75) is 20.8 Å². The van der Waals surface area contributed by atoms with Crippen LogP contribution < -0.4 is 0 Å². The molecule has 0 spiro atoms. The number of carbonyl (C=O) groups excluding carboxylic acids is 1. The molecule has 0 atom stereocenters. The summed E-state index contributed by atoms with van der Waals surface area (Å²) in [7, 11) is 0. The molecule has 0 aliphatic heterocycles. The molecule has 0 aromatic carbocycles. The van der Waals surface area contributed by atoms with Gasteiger partial charge in [-0.05, 0) is 48.7 Å². The zero-order chi connectivity index (χ0) is 14.8. The number of esters is 1. The maximum absolute atomic E-state index is 11.2. The highest BCUT2D eigenvalue weighted by molar-refractivity contribution is 7.08. The minimum Gasteiger partial charge on any atom is -0.463 e. The lowest BCUT2D eigenvalue weighted by Crippen LogP contribution is -1.99. The molecule has 0 N–H and O–H groups in total. The van der Waals surface area contributed by atoms with Crippen LogP contribution in [0, 0.1) is 0 Å². The fourth-order valence-corrected chi connectivity index (χ4v) is 2.05. The predicted octanol–water partition coefficient (Wildman–Crippen LogP) is 4.77. The van der Waals surface area contributed by atoms with Crippen LogP contribution in [0.4, 0.5) is 0 Å². The van der Waals surface area contributed by atoms with Gasteiger partial charge < -0.3 is 4.74 Å². The Hall–Kier alpha value is -1.87. The van der Waals surface area contributed by atoms with E-state index in [2.05, 4.69) is 29.0 Å². The Bertz CT molecular complexity index is 531. The topological polar surface area (TPSA) is 26.3 Å². The van der Waals surface area contributed by atoms with Crippen LogP contribution in [0.3, 0.4) is 0 Å². The van der Waals surface area contributed by atoms with Crippen LogP contribution in [0.2, 0.25) is 0 Å². The van der Waals surface area contributed by atoms with Crippen molar-refractivity contribution in [3.05, 3.63) is 63.9 Å². The van der Waals surface area contributed by atoms with E-state index in [-0.39, 0.29) is 5.97 Å². The van der Waals surface area contributed by atoms with Gasteiger partial charge in [-0.1, -0.05) is 36.0 Å². The van der Waals surface area contributed by atoms with E-state index in [4.69, 9.17) is 4.74 Å². The summed E-state index contributed by atoms with van der Waals surface area (Å²) in [4.78, 5) is 11.2. The van der Waals surface area contributed by atoms with Crippen LogP contribution in [-0.4, -0.2) is 12.6 Å². The highest BCUT2D eigenvalue weighted by Gasteiger charge is 1.94. The maximum atomic E-state index is 11.2. The summed E-state index contributed by atoms with van der Waals surface area (Å²) in [6.45, 7) is 6.11. The Labute approximate surface area is 124 Å². The molecule has 0 fully saturated rings. The van der Waals surface area contributed by atoms with E-state index in [1.807, 2.05) is 32.1 Å². The van der Waals surface area contributed by atoms with Crippen molar-refractivity contribution in [1.82, 2.24) is 0 Å². The van der Waals surface area contributed by atoms with Crippen molar-refractivity contribution in [2.24, 2.45) is 0 Å². The summed E-state index contributed by atoms with van der Waals surface area (Å²) in [5.74, 6) is -0.298. The molecular formula is C17H20O2S. The third kappa shape index (κ3) is 6.90. The average Bonchev–Trinajstić information content (AvgIpc) is 2.89. The lowest BCUT2D eigenvalue weighted by molar-refractivity contribution is -0.137. The number of hydrogen-bond donors (Lipinski definition) is 0.